The van der Waals surface area contributed by atoms with E-state index in [0.717, 1.165) is 42.0 Å². The number of carbonyl (C=O) groups is 2. The quantitative estimate of drug-likeness (QED) is 0.134. The molecule has 1 fully saturated rings. The number of hydrogen-bond donors (Lipinski definition) is 0. The van der Waals surface area contributed by atoms with Gasteiger partial charge in [0, 0.05) is 12.0 Å². The fraction of sp³-hybridized carbons (Fsp3) is 0.429. The van der Waals surface area contributed by atoms with Crippen molar-refractivity contribution in [3.05, 3.63) is 70.8 Å². The number of halogens is 3. The lowest BCUT2D eigenvalue weighted by molar-refractivity contribution is -0.195. The van der Waals surface area contributed by atoms with Gasteiger partial charge in [-0.05, 0) is 54.2 Å². The average Bonchev–Trinajstić information content (AvgIpc) is 2.85. The Balaban J connectivity index is 1.54. The summed E-state index contributed by atoms with van der Waals surface area (Å²) in [4.78, 5) is 27.3. The Kier molecular flexibility index (Phi) is 9.92. The van der Waals surface area contributed by atoms with Crippen LogP contribution >= 0.6 is 0 Å². The third kappa shape index (κ3) is 9.22. The molecule has 0 heterocycles. The molecule has 0 radical (unpaired) electrons. The van der Waals surface area contributed by atoms with Gasteiger partial charge in [0.05, 0.1) is 18.7 Å². The zero-order chi connectivity index (χ0) is 25.1. The van der Waals surface area contributed by atoms with Crippen LogP contribution < -0.4 is 0 Å². The Morgan fingerprint density at radius 2 is 1.57 bits per heavy atom. The van der Waals surface area contributed by atoms with E-state index < -0.39 is 17.7 Å². The van der Waals surface area contributed by atoms with E-state index in [1.54, 1.807) is 0 Å². The molecule has 186 valence electrons. The molecule has 0 unspecified atom stereocenters. The van der Waals surface area contributed by atoms with Gasteiger partial charge in [-0.1, -0.05) is 68.2 Å². The second-order valence-electron chi connectivity index (χ2n) is 8.92. The summed E-state index contributed by atoms with van der Waals surface area (Å²) in [5.41, 5.74) is 1.43. The molecule has 0 N–H and O–H groups in total. The number of hydrogen-bond acceptors (Lipinski definition) is 4. The molecule has 3 rings (SSSR count). The van der Waals surface area contributed by atoms with Crippen molar-refractivity contribution >= 4 is 12.3 Å². The van der Waals surface area contributed by atoms with Gasteiger partial charge in [-0.25, -0.2) is 4.79 Å². The first-order chi connectivity index (χ1) is 16.8. The lowest BCUT2D eigenvalue weighted by Crippen LogP contribution is -2.27. The van der Waals surface area contributed by atoms with Crippen molar-refractivity contribution in [2.45, 2.75) is 70.6 Å². The average molecular weight is 486 g/mol. The van der Waals surface area contributed by atoms with Crippen LogP contribution in [0.4, 0.5) is 13.2 Å². The van der Waals surface area contributed by atoms with Crippen LogP contribution in [0.1, 0.15) is 73.6 Å². The maximum atomic E-state index is 12.8. The van der Waals surface area contributed by atoms with Gasteiger partial charge in [0.25, 0.3) is 0 Å². The maximum absolute atomic E-state index is 12.8. The SMILES string of the molecule is O=CC(=O)ON(Cc1ccc(C#CCCCC2CCCCC2)cc1)Cc1ccc(C(F)(F)F)cc1. The third-order valence-electron chi connectivity index (χ3n) is 6.14. The number of aldehydes is 1. The van der Waals surface area contributed by atoms with E-state index in [9.17, 15) is 22.8 Å². The van der Waals surface area contributed by atoms with Crippen molar-refractivity contribution in [1.29, 1.82) is 0 Å². The summed E-state index contributed by atoms with van der Waals surface area (Å²) < 4.78 is 38.4. The number of benzene rings is 2. The van der Waals surface area contributed by atoms with Gasteiger partial charge in [0.15, 0.2) is 0 Å². The molecule has 0 bridgehead atoms. The molecule has 4 nitrogen and oxygen atoms in total. The summed E-state index contributed by atoms with van der Waals surface area (Å²) >= 11 is 0. The van der Waals surface area contributed by atoms with E-state index in [1.165, 1.54) is 55.7 Å². The highest BCUT2D eigenvalue weighted by Gasteiger charge is 2.30. The Morgan fingerprint density at radius 1 is 0.971 bits per heavy atom. The molecular weight excluding hydrogens is 455 g/mol. The highest BCUT2D eigenvalue weighted by molar-refractivity contribution is 6.20. The van der Waals surface area contributed by atoms with Crippen LogP contribution in [0.25, 0.3) is 0 Å². The minimum atomic E-state index is -4.43. The first kappa shape index (κ1) is 26.5. The standard InChI is InChI=1S/C28H30F3NO3/c29-28(30,31)26-17-15-25(16-18-26)20-32(35-27(34)21-33)19-24-13-11-23(12-14-24)10-6-2-5-9-22-7-3-1-4-8-22/h11-18,21-22H,1-5,7-9,19-20H2. The van der Waals surface area contributed by atoms with E-state index in [-0.39, 0.29) is 19.4 Å². The monoisotopic (exact) mass is 485 g/mol. The Bertz CT molecular complexity index is 1010. The van der Waals surface area contributed by atoms with Gasteiger partial charge in [-0.3, -0.25) is 4.79 Å². The van der Waals surface area contributed by atoms with Crippen molar-refractivity contribution in [3.63, 3.8) is 0 Å². The highest BCUT2D eigenvalue weighted by atomic mass is 19.4. The van der Waals surface area contributed by atoms with E-state index in [0.29, 0.717) is 5.56 Å². The van der Waals surface area contributed by atoms with Crippen LogP contribution in [0.2, 0.25) is 0 Å². The smallest absolute Gasteiger partial charge is 0.361 e. The first-order valence-electron chi connectivity index (χ1n) is 12.0. The van der Waals surface area contributed by atoms with E-state index in [4.69, 9.17) is 4.84 Å². The number of carbonyl (C=O) groups excluding carboxylic acids is 2. The molecular formula is C28H30F3NO3. The minimum Gasteiger partial charge on any atom is -0.361 e. The summed E-state index contributed by atoms with van der Waals surface area (Å²) in [6.45, 7) is 0.190. The molecule has 7 heteroatoms. The van der Waals surface area contributed by atoms with E-state index >= 15 is 0 Å². The fourth-order valence-electron chi connectivity index (χ4n) is 4.29. The predicted molar refractivity (Wildman–Crippen MR) is 127 cm³/mol. The zero-order valence-corrected chi connectivity index (χ0v) is 19.7. The van der Waals surface area contributed by atoms with Crippen LogP contribution in [-0.2, 0) is 33.7 Å². The van der Waals surface area contributed by atoms with Crippen LogP contribution in [0.5, 0.6) is 0 Å². The number of hydroxylamine groups is 2. The summed E-state index contributed by atoms with van der Waals surface area (Å²) in [7, 11) is 0. The maximum Gasteiger partial charge on any atom is 0.416 e. The normalized spacial score (nSPS) is 14.3. The molecule has 0 saturated heterocycles. The Hall–Kier alpha value is -3.11. The van der Waals surface area contributed by atoms with Gasteiger partial charge in [0.2, 0.25) is 6.29 Å². The molecule has 2 aromatic carbocycles. The number of rotatable bonds is 9. The molecule has 35 heavy (non-hydrogen) atoms. The molecule has 0 spiro atoms. The van der Waals surface area contributed by atoms with Crippen molar-refractivity contribution < 1.29 is 27.6 Å². The second kappa shape index (κ2) is 13.1. The zero-order valence-electron chi connectivity index (χ0n) is 19.7. The van der Waals surface area contributed by atoms with Crippen LogP contribution in [-0.4, -0.2) is 17.3 Å². The lowest BCUT2D eigenvalue weighted by Gasteiger charge is -2.20. The Morgan fingerprint density at radius 3 is 2.14 bits per heavy atom. The highest BCUT2D eigenvalue weighted by Crippen LogP contribution is 2.29. The second-order valence-corrected chi connectivity index (χ2v) is 8.92. The van der Waals surface area contributed by atoms with Crippen LogP contribution in [0.15, 0.2) is 48.5 Å². The number of unbranched alkanes of at least 4 members (excludes halogenated alkanes) is 1. The number of alkyl halides is 3. The van der Waals surface area contributed by atoms with Crippen LogP contribution in [0, 0.1) is 17.8 Å². The fourth-order valence-corrected chi connectivity index (χ4v) is 4.29. The molecule has 0 amide bonds. The summed E-state index contributed by atoms with van der Waals surface area (Å²) in [6.07, 6.45) is 5.67. The van der Waals surface area contributed by atoms with Gasteiger partial charge in [-0.15, -0.1) is 5.06 Å². The summed E-state index contributed by atoms with van der Waals surface area (Å²) in [6, 6.07) is 12.0. The van der Waals surface area contributed by atoms with Crippen molar-refractivity contribution in [2.75, 3.05) is 0 Å². The molecule has 1 saturated carbocycles. The van der Waals surface area contributed by atoms with E-state index in [2.05, 4.69) is 11.8 Å². The predicted octanol–water partition coefficient (Wildman–Crippen LogP) is 6.47. The van der Waals surface area contributed by atoms with Crippen molar-refractivity contribution in [3.8, 4) is 11.8 Å². The Labute approximate surface area is 204 Å². The van der Waals surface area contributed by atoms with Crippen molar-refractivity contribution in [2.24, 2.45) is 5.92 Å². The first-order valence-corrected chi connectivity index (χ1v) is 12.0. The molecule has 0 aromatic heterocycles. The molecule has 2 aromatic rings. The van der Waals surface area contributed by atoms with Gasteiger partial charge in [-0.2, -0.15) is 13.2 Å². The van der Waals surface area contributed by atoms with Crippen molar-refractivity contribution in [1.82, 2.24) is 5.06 Å². The summed E-state index contributed by atoms with van der Waals surface area (Å²) in [5.74, 6) is 6.20. The van der Waals surface area contributed by atoms with Crippen LogP contribution in [0.3, 0.4) is 0 Å². The van der Waals surface area contributed by atoms with Gasteiger partial charge >= 0.3 is 12.1 Å². The molecule has 0 atom stereocenters. The third-order valence-corrected chi connectivity index (χ3v) is 6.14. The largest absolute Gasteiger partial charge is 0.416 e. The summed E-state index contributed by atoms with van der Waals surface area (Å²) in [5, 5.41) is 1.24. The minimum absolute atomic E-state index is 0.0280. The van der Waals surface area contributed by atoms with Gasteiger partial charge < -0.3 is 4.84 Å². The molecule has 0 aliphatic heterocycles. The van der Waals surface area contributed by atoms with Gasteiger partial charge in [0.1, 0.15) is 0 Å². The number of nitrogens with zero attached hydrogens (tertiary/aromatic N) is 1. The van der Waals surface area contributed by atoms with E-state index in [1.807, 2.05) is 24.3 Å². The lowest BCUT2D eigenvalue weighted by atomic mass is 9.86. The molecule has 1 aliphatic carbocycles. The topological polar surface area (TPSA) is 46.6 Å². The molecule has 1 aliphatic rings.